The van der Waals surface area contributed by atoms with Crippen LogP contribution in [0.1, 0.15) is 22.3 Å². The second-order valence-corrected chi connectivity index (χ2v) is 9.68. The number of fused-ring (bicyclic) bond motifs is 10. The molecule has 0 nitrogen and oxygen atoms in total. The van der Waals surface area contributed by atoms with Crippen LogP contribution in [-0.4, -0.2) is 0 Å². The van der Waals surface area contributed by atoms with E-state index in [0.29, 0.717) is 0 Å². The van der Waals surface area contributed by atoms with Crippen LogP contribution in [0.2, 0.25) is 5.02 Å². The zero-order chi connectivity index (χ0) is 20.6. The van der Waals surface area contributed by atoms with Crippen LogP contribution in [0.4, 0.5) is 0 Å². The number of rotatable bonds is 1. The van der Waals surface area contributed by atoms with Gasteiger partial charge in [0.1, 0.15) is 0 Å². The molecule has 0 saturated heterocycles. The summed E-state index contributed by atoms with van der Waals surface area (Å²) < 4.78 is 0. The van der Waals surface area contributed by atoms with Gasteiger partial charge in [0.2, 0.25) is 0 Å². The Labute approximate surface area is 190 Å². The van der Waals surface area contributed by atoms with Crippen molar-refractivity contribution in [3.05, 3.63) is 130 Å². The fourth-order valence-corrected chi connectivity index (χ4v) is 7.25. The average molecular weight is 433 g/mol. The smallest absolute Gasteiger partial charge is 0.0734 e. The van der Waals surface area contributed by atoms with Crippen molar-refractivity contribution in [2.45, 2.75) is 5.41 Å². The summed E-state index contributed by atoms with van der Waals surface area (Å²) in [6.45, 7) is 0. The summed E-state index contributed by atoms with van der Waals surface area (Å²) in [5, 5.41) is 0.832. The largest absolute Gasteiger partial charge is 0.135 e. The lowest BCUT2D eigenvalue weighted by molar-refractivity contribution is 0.796. The van der Waals surface area contributed by atoms with Crippen molar-refractivity contribution in [3.63, 3.8) is 0 Å². The third-order valence-corrected chi connectivity index (χ3v) is 8.31. The summed E-state index contributed by atoms with van der Waals surface area (Å²) in [4.78, 5) is 2.59. The first-order valence-electron chi connectivity index (χ1n) is 10.5. The Morgan fingerprint density at radius 1 is 0.581 bits per heavy atom. The Bertz CT molecular complexity index is 1450. The Kier molecular flexibility index (Phi) is 3.51. The Balaban J connectivity index is 1.66. The molecule has 5 aromatic rings. The molecule has 1 aromatic heterocycles. The van der Waals surface area contributed by atoms with Crippen molar-refractivity contribution >= 4 is 22.9 Å². The average Bonchev–Trinajstić information content (AvgIpc) is 3.46. The van der Waals surface area contributed by atoms with Crippen molar-refractivity contribution in [1.82, 2.24) is 0 Å². The van der Waals surface area contributed by atoms with E-state index >= 15 is 0 Å². The predicted octanol–water partition coefficient (Wildman–Crippen LogP) is 8.41. The van der Waals surface area contributed by atoms with Gasteiger partial charge in [-0.3, -0.25) is 0 Å². The maximum atomic E-state index is 6.88. The molecule has 1 spiro atoms. The highest BCUT2D eigenvalue weighted by molar-refractivity contribution is 7.19. The van der Waals surface area contributed by atoms with Crippen molar-refractivity contribution in [1.29, 1.82) is 0 Å². The SMILES string of the molecule is Clc1cccc2c1-c1sc(-c3ccccc3)cc1C21c2ccccc2-c2ccccc21. The normalized spacial score (nSPS) is 14.2. The van der Waals surface area contributed by atoms with Gasteiger partial charge in [0, 0.05) is 20.3 Å². The number of benzene rings is 4. The van der Waals surface area contributed by atoms with Gasteiger partial charge in [0.15, 0.2) is 0 Å². The molecule has 7 rings (SSSR count). The molecule has 2 aliphatic carbocycles. The van der Waals surface area contributed by atoms with E-state index in [-0.39, 0.29) is 5.41 Å². The molecular weight excluding hydrogens is 416 g/mol. The van der Waals surface area contributed by atoms with Gasteiger partial charge in [-0.15, -0.1) is 11.3 Å². The van der Waals surface area contributed by atoms with Gasteiger partial charge < -0.3 is 0 Å². The van der Waals surface area contributed by atoms with E-state index in [1.165, 1.54) is 54.3 Å². The highest BCUT2D eigenvalue weighted by Gasteiger charge is 2.53. The van der Waals surface area contributed by atoms with Crippen LogP contribution in [0.5, 0.6) is 0 Å². The maximum absolute atomic E-state index is 6.88. The minimum absolute atomic E-state index is 0.313. The van der Waals surface area contributed by atoms with E-state index in [4.69, 9.17) is 11.6 Å². The lowest BCUT2D eigenvalue weighted by Crippen LogP contribution is -2.25. The van der Waals surface area contributed by atoms with Crippen LogP contribution < -0.4 is 0 Å². The zero-order valence-electron chi connectivity index (χ0n) is 16.6. The van der Waals surface area contributed by atoms with Gasteiger partial charge >= 0.3 is 0 Å². The molecule has 0 atom stereocenters. The number of hydrogen-bond acceptors (Lipinski definition) is 1. The molecule has 0 fully saturated rings. The summed E-state index contributed by atoms with van der Waals surface area (Å²) in [6, 6.07) is 37.2. The van der Waals surface area contributed by atoms with E-state index < -0.39 is 0 Å². The molecule has 31 heavy (non-hydrogen) atoms. The quantitative estimate of drug-likeness (QED) is 0.244. The standard InChI is InChI=1S/C29H17ClS/c30-25-16-8-15-23-27(25)28-24(17-26(31-28)18-9-2-1-3-10-18)29(23)21-13-6-4-11-19(21)20-12-5-7-14-22(20)29/h1-17H. The topological polar surface area (TPSA) is 0 Å². The lowest BCUT2D eigenvalue weighted by atomic mass is 9.71. The third kappa shape index (κ3) is 2.10. The van der Waals surface area contributed by atoms with E-state index in [2.05, 4.69) is 97.1 Å². The minimum atomic E-state index is -0.313. The number of hydrogen-bond donors (Lipinski definition) is 0. The van der Waals surface area contributed by atoms with Crippen LogP contribution in [-0.2, 0) is 5.41 Å². The van der Waals surface area contributed by atoms with Crippen molar-refractivity contribution in [2.75, 3.05) is 0 Å². The Hall–Kier alpha value is -3.13. The molecule has 0 bridgehead atoms. The molecule has 0 aliphatic heterocycles. The van der Waals surface area contributed by atoms with E-state index in [1.807, 2.05) is 17.4 Å². The molecule has 0 saturated carbocycles. The first kappa shape index (κ1) is 17.5. The first-order valence-corrected chi connectivity index (χ1v) is 11.7. The molecule has 0 unspecified atom stereocenters. The summed E-state index contributed by atoms with van der Waals surface area (Å²) in [6.07, 6.45) is 0. The minimum Gasteiger partial charge on any atom is -0.135 e. The highest BCUT2D eigenvalue weighted by Crippen LogP contribution is 2.65. The van der Waals surface area contributed by atoms with Gasteiger partial charge in [-0.1, -0.05) is 103 Å². The predicted molar refractivity (Wildman–Crippen MR) is 131 cm³/mol. The molecule has 2 heteroatoms. The first-order chi connectivity index (χ1) is 15.3. The molecule has 0 radical (unpaired) electrons. The van der Waals surface area contributed by atoms with E-state index in [0.717, 1.165) is 5.02 Å². The van der Waals surface area contributed by atoms with Crippen LogP contribution in [0, 0.1) is 0 Å². The summed E-state index contributed by atoms with van der Waals surface area (Å²) in [7, 11) is 0. The second kappa shape index (κ2) is 6.20. The van der Waals surface area contributed by atoms with Crippen molar-refractivity contribution < 1.29 is 0 Å². The third-order valence-electron chi connectivity index (χ3n) is 6.79. The van der Waals surface area contributed by atoms with Crippen molar-refractivity contribution in [3.8, 4) is 32.0 Å². The van der Waals surface area contributed by atoms with Crippen LogP contribution in [0.25, 0.3) is 32.0 Å². The monoisotopic (exact) mass is 432 g/mol. The molecule has 0 N–H and O–H groups in total. The number of thiophene rings is 1. The van der Waals surface area contributed by atoms with Crippen molar-refractivity contribution in [2.24, 2.45) is 0 Å². The molecule has 4 aromatic carbocycles. The lowest BCUT2D eigenvalue weighted by Gasteiger charge is -2.29. The maximum Gasteiger partial charge on any atom is 0.0734 e. The molecule has 1 heterocycles. The summed E-state index contributed by atoms with van der Waals surface area (Å²) in [5.41, 5.74) is 10.2. The van der Waals surface area contributed by atoms with E-state index in [1.54, 1.807) is 0 Å². The Morgan fingerprint density at radius 2 is 1.19 bits per heavy atom. The van der Waals surface area contributed by atoms with Crippen LogP contribution in [0.3, 0.4) is 0 Å². The summed E-state index contributed by atoms with van der Waals surface area (Å²) >= 11 is 8.73. The molecule has 0 amide bonds. The summed E-state index contributed by atoms with van der Waals surface area (Å²) in [5.74, 6) is 0. The Morgan fingerprint density at radius 3 is 1.90 bits per heavy atom. The molecule has 146 valence electrons. The van der Waals surface area contributed by atoms with Gasteiger partial charge in [0.05, 0.1) is 5.41 Å². The second-order valence-electron chi connectivity index (χ2n) is 8.22. The van der Waals surface area contributed by atoms with Gasteiger partial charge in [-0.05, 0) is 51.1 Å². The van der Waals surface area contributed by atoms with Crippen LogP contribution in [0.15, 0.2) is 103 Å². The van der Waals surface area contributed by atoms with Gasteiger partial charge in [0.25, 0.3) is 0 Å². The highest BCUT2D eigenvalue weighted by atomic mass is 35.5. The fraction of sp³-hybridized carbons (Fsp3) is 0.0345. The number of halogens is 1. The van der Waals surface area contributed by atoms with Gasteiger partial charge in [-0.25, -0.2) is 0 Å². The van der Waals surface area contributed by atoms with E-state index in [9.17, 15) is 0 Å². The fourth-order valence-electron chi connectivity index (χ4n) is 5.63. The zero-order valence-corrected chi connectivity index (χ0v) is 18.2. The molecular formula is C29H17ClS. The van der Waals surface area contributed by atoms with Gasteiger partial charge in [-0.2, -0.15) is 0 Å². The van der Waals surface area contributed by atoms with Crippen LogP contribution >= 0.6 is 22.9 Å². The molecule has 2 aliphatic rings.